The van der Waals surface area contributed by atoms with Crippen molar-refractivity contribution in [2.24, 2.45) is 0 Å². The van der Waals surface area contributed by atoms with E-state index in [0.29, 0.717) is 6.42 Å². The molecule has 76 valence electrons. The third kappa shape index (κ3) is 4.45. The fraction of sp³-hybridized carbons (Fsp3) is 0.400. The predicted octanol–water partition coefficient (Wildman–Crippen LogP) is 1.75. The second kappa shape index (κ2) is 5.96. The highest BCUT2D eigenvalue weighted by Crippen LogP contribution is 2.03. The molecule has 1 aromatic rings. The molecule has 0 saturated heterocycles. The van der Waals surface area contributed by atoms with Crippen molar-refractivity contribution in [3.05, 3.63) is 24.5 Å². The van der Waals surface area contributed by atoms with Crippen LogP contribution in [0.2, 0.25) is 0 Å². The lowest BCUT2D eigenvalue weighted by Crippen LogP contribution is -2.03. The summed E-state index contributed by atoms with van der Waals surface area (Å²) in [5, 5.41) is 11.6. The summed E-state index contributed by atoms with van der Waals surface area (Å²) in [6.07, 6.45) is 5.28. The van der Waals surface area contributed by atoms with Crippen molar-refractivity contribution < 1.29 is 9.90 Å². The molecule has 4 nitrogen and oxygen atoms in total. The molecule has 0 aliphatic heterocycles. The molecule has 0 amide bonds. The zero-order valence-electron chi connectivity index (χ0n) is 7.94. The molecular weight excluding hydrogens is 180 g/mol. The SMILES string of the molecule is O=C(O)CCCCNc1cccnc1. The molecule has 0 aliphatic rings. The number of anilines is 1. The van der Waals surface area contributed by atoms with Crippen LogP contribution in [0.25, 0.3) is 0 Å². The lowest BCUT2D eigenvalue weighted by atomic mass is 10.2. The summed E-state index contributed by atoms with van der Waals surface area (Å²) in [6, 6.07) is 3.80. The van der Waals surface area contributed by atoms with Gasteiger partial charge in [-0.3, -0.25) is 9.78 Å². The summed E-state index contributed by atoms with van der Waals surface area (Å²) in [6.45, 7) is 0.791. The molecule has 1 rings (SSSR count). The molecule has 2 N–H and O–H groups in total. The Hall–Kier alpha value is -1.58. The van der Waals surface area contributed by atoms with Gasteiger partial charge in [0.2, 0.25) is 0 Å². The van der Waals surface area contributed by atoms with Crippen molar-refractivity contribution in [1.29, 1.82) is 0 Å². The lowest BCUT2D eigenvalue weighted by molar-refractivity contribution is -0.137. The molecule has 14 heavy (non-hydrogen) atoms. The van der Waals surface area contributed by atoms with Crippen LogP contribution in [0.15, 0.2) is 24.5 Å². The topological polar surface area (TPSA) is 62.2 Å². The van der Waals surface area contributed by atoms with Crippen LogP contribution >= 0.6 is 0 Å². The smallest absolute Gasteiger partial charge is 0.303 e. The molecule has 0 aliphatic carbocycles. The number of carbonyl (C=O) groups is 1. The summed E-state index contributed by atoms with van der Waals surface area (Å²) < 4.78 is 0. The summed E-state index contributed by atoms with van der Waals surface area (Å²) in [4.78, 5) is 14.2. The van der Waals surface area contributed by atoms with Crippen molar-refractivity contribution >= 4 is 11.7 Å². The fourth-order valence-electron chi connectivity index (χ4n) is 1.10. The van der Waals surface area contributed by atoms with Gasteiger partial charge < -0.3 is 10.4 Å². The van der Waals surface area contributed by atoms with Crippen molar-refractivity contribution in [2.75, 3.05) is 11.9 Å². The van der Waals surface area contributed by atoms with E-state index in [4.69, 9.17) is 5.11 Å². The standard InChI is InChI=1S/C10H14N2O2/c13-10(14)5-1-2-7-12-9-4-3-6-11-8-9/h3-4,6,8,12H,1-2,5,7H2,(H,13,14). The maximum Gasteiger partial charge on any atom is 0.303 e. The van der Waals surface area contributed by atoms with Gasteiger partial charge in [0, 0.05) is 25.4 Å². The Morgan fingerprint density at radius 1 is 1.50 bits per heavy atom. The number of carboxylic acids is 1. The molecule has 0 fully saturated rings. The second-order valence-electron chi connectivity index (χ2n) is 3.02. The molecule has 4 heteroatoms. The Bertz CT molecular complexity index is 275. The highest BCUT2D eigenvalue weighted by molar-refractivity contribution is 5.66. The molecule has 0 saturated carbocycles. The van der Waals surface area contributed by atoms with Crippen LogP contribution in [0.5, 0.6) is 0 Å². The number of unbranched alkanes of at least 4 members (excludes halogenated alkanes) is 1. The van der Waals surface area contributed by atoms with Crippen molar-refractivity contribution in [1.82, 2.24) is 4.98 Å². The first-order valence-corrected chi connectivity index (χ1v) is 4.65. The van der Waals surface area contributed by atoms with E-state index in [-0.39, 0.29) is 6.42 Å². The number of aliphatic carboxylic acids is 1. The van der Waals surface area contributed by atoms with Crippen LogP contribution in [0.4, 0.5) is 5.69 Å². The zero-order chi connectivity index (χ0) is 10.2. The van der Waals surface area contributed by atoms with Gasteiger partial charge in [0.25, 0.3) is 0 Å². The molecule has 0 atom stereocenters. The van der Waals surface area contributed by atoms with Crippen LogP contribution < -0.4 is 5.32 Å². The van der Waals surface area contributed by atoms with E-state index in [9.17, 15) is 4.79 Å². The number of aromatic nitrogens is 1. The minimum Gasteiger partial charge on any atom is -0.481 e. The second-order valence-corrected chi connectivity index (χ2v) is 3.02. The van der Waals surface area contributed by atoms with Gasteiger partial charge >= 0.3 is 5.97 Å². The quantitative estimate of drug-likeness (QED) is 0.677. The summed E-state index contributed by atoms with van der Waals surface area (Å²) in [5.41, 5.74) is 0.975. The van der Waals surface area contributed by atoms with Crippen molar-refractivity contribution in [3.63, 3.8) is 0 Å². The van der Waals surface area contributed by atoms with E-state index in [1.807, 2.05) is 12.1 Å². The maximum absolute atomic E-state index is 10.2. The van der Waals surface area contributed by atoms with Crippen LogP contribution in [0.3, 0.4) is 0 Å². The number of hydrogen-bond donors (Lipinski definition) is 2. The monoisotopic (exact) mass is 194 g/mol. The van der Waals surface area contributed by atoms with E-state index < -0.39 is 5.97 Å². The molecule has 0 spiro atoms. The third-order valence-electron chi connectivity index (χ3n) is 1.81. The van der Waals surface area contributed by atoms with Gasteiger partial charge in [-0.15, -0.1) is 0 Å². The number of nitrogens with zero attached hydrogens (tertiary/aromatic N) is 1. The Morgan fingerprint density at radius 2 is 2.36 bits per heavy atom. The highest BCUT2D eigenvalue weighted by atomic mass is 16.4. The van der Waals surface area contributed by atoms with Crippen LogP contribution in [0, 0.1) is 0 Å². The Kier molecular flexibility index (Phi) is 4.47. The van der Waals surface area contributed by atoms with Gasteiger partial charge in [0.05, 0.1) is 5.69 Å². The van der Waals surface area contributed by atoms with Crippen LogP contribution in [-0.4, -0.2) is 22.6 Å². The van der Waals surface area contributed by atoms with E-state index in [0.717, 1.165) is 18.7 Å². The van der Waals surface area contributed by atoms with Gasteiger partial charge in [0.15, 0.2) is 0 Å². The van der Waals surface area contributed by atoms with Crippen molar-refractivity contribution in [3.8, 4) is 0 Å². The van der Waals surface area contributed by atoms with E-state index in [1.165, 1.54) is 0 Å². The molecule has 0 radical (unpaired) electrons. The molecule has 0 unspecified atom stereocenters. The van der Waals surface area contributed by atoms with Gasteiger partial charge in [-0.1, -0.05) is 0 Å². The van der Waals surface area contributed by atoms with Gasteiger partial charge in [-0.2, -0.15) is 0 Å². The molecule has 1 aromatic heterocycles. The van der Waals surface area contributed by atoms with Crippen LogP contribution in [-0.2, 0) is 4.79 Å². The highest BCUT2D eigenvalue weighted by Gasteiger charge is 1.95. The van der Waals surface area contributed by atoms with E-state index in [1.54, 1.807) is 12.4 Å². The molecule has 0 aromatic carbocycles. The van der Waals surface area contributed by atoms with E-state index in [2.05, 4.69) is 10.3 Å². The molecular formula is C10H14N2O2. The molecule has 1 heterocycles. The predicted molar refractivity (Wildman–Crippen MR) is 54.2 cm³/mol. The minimum absolute atomic E-state index is 0.245. The Morgan fingerprint density at radius 3 is 3.00 bits per heavy atom. The average Bonchev–Trinajstić information content (AvgIpc) is 2.18. The number of nitrogens with one attached hydrogen (secondary N) is 1. The lowest BCUT2D eigenvalue weighted by Gasteiger charge is -2.03. The van der Waals surface area contributed by atoms with E-state index >= 15 is 0 Å². The first-order valence-electron chi connectivity index (χ1n) is 4.65. The summed E-state index contributed by atoms with van der Waals surface area (Å²) in [5.74, 6) is -0.730. The number of carboxylic acid groups (broad SMARTS) is 1. The number of pyridine rings is 1. The van der Waals surface area contributed by atoms with Gasteiger partial charge in [-0.25, -0.2) is 0 Å². The summed E-state index contributed by atoms with van der Waals surface area (Å²) >= 11 is 0. The summed E-state index contributed by atoms with van der Waals surface area (Å²) in [7, 11) is 0. The molecule has 0 bridgehead atoms. The first kappa shape index (κ1) is 10.5. The zero-order valence-corrected chi connectivity index (χ0v) is 7.94. The van der Waals surface area contributed by atoms with Gasteiger partial charge in [0.1, 0.15) is 0 Å². The van der Waals surface area contributed by atoms with Crippen LogP contribution in [0.1, 0.15) is 19.3 Å². The fourth-order valence-corrected chi connectivity index (χ4v) is 1.10. The number of hydrogen-bond acceptors (Lipinski definition) is 3. The van der Waals surface area contributed by atoms with Gasteiger partial charge in [-0.05, 0) is 25.0 Å². The first-order chi connectivity index (χ1) is 6.79. The van der Waals surface area contributed by atoms with Crippen molar-refractivity contribution in [2.45, 2.75) is 19.3 Å². The maximum atomic E-state index is 10.2. The largest absolute Gasteiger partial charge is 0.481 e. The third-order valence-corrected chi connectivity index (χ3v) is 1.81. The normalized spacial score (nSPS) is 9.71. The number of rotatable bonds is 6. The Labute approximate surface area is 83.0 Å². The Balaban J connectivity index is 2.08. The average molecular weight is 194 g/mol. The minimum atomic E-state index is -0.730.